The SMILES string of the molecule is CC1CCCCC1OC(=O)[C@@H](O)CCN. The highest BCUT2D eigenvalue weighted by Crippen LogP contribution is 2.26. The minimum absolute atomic E-state index is 0.0151. The summed E-state index contributed by atoms with van der Waals surface area (Å²) in [5.41, 5.74) is 5.26. The summed E-state index contributed by atoms with van der Waals surface area (Å²) in [4.78, 5) is 11.4. The van der Waals surface area contributed by atoms with Gasteiger partial charge in [0.15, 0.2) is 6.10 Å². The summed E-state index contributed by atoms with van der Waals surface area (Å²) in [6, 6.07) is 0. The van der Waals surface area contributed by atoms with Crippen molar-refractivity contribution in [1.29, 1.82) is 0 Å². The van der Waals surface area contributed by atoms with E-state index in [1.165, 1.54) is 6.42 Å². The van der Waals surface area contributed by atoms with E-state index in [-0.39, 0.29) is 12.5 Å². The van der Waals surface area contributed by atoms with Crippen molar-refractivity contribution in [2.45, 2.75) is 51.2 Å². The first-order chi connectivity index (χ1) is 7.15. The summed E-state index contributed by atoms with van der Waals surface area (Å²) in [6.07, 6.45) is 3.55. The molecular formula is C11H21NO3. The number of rotatable bonds is 4. The second kappa shape index (κ2) is 6.08. The lowest BCUT2D eigenvalue weighted by Gasteiger charge is -2.29. The summed E-state index contributed by atoms with van der Waals surface area (Å²) in [7, 11) is 0. The molecule has 0 aromatic heterocycles. The number of carbonyl (C=O) groups excluding carboxylic acids is 1. The van der Waals surface area contributed by atoms with Crippen LogP contribution in [-0.4, -0.2) is 29.8 Å². The third-order valence-electron chi connectivity index (χ3n) is 3.01. The smallest absolute Gasteiger partial charge is 0.335 e. The van der Waals surface area contributed by atoms with Crippen LogP contribution in [0.3, 0.4) is 0 Å². The first-order valence-corrected chi connectivity index (χ1v) is 5.73. The number of aliphatic hydroxyl groups is 1. The van der Waals surface area contributed by atoms with Crippen molar-refractivity contribution in [3.63, 3.8) is 0 Å². The van der Waals surface area contributed by atoms with E-state index in [9.17, 15) is 9.90 Å². The van der Waals surface area contributed by atoms with E-state index in [0.717, 1.165) is 19.3 Å². The molecule has 0 aliphatic heterocycles. The lowest BCUT2D eigenvalue weighted by Crippen LogP contribution is -2.34. The third kappa shape index (κ3) is 3.80. The average molecular weight is 215 g/mol. The molecule has 0 bridgehead atoms. The molecule has 88 valence electrons. The van der Waals surface area contributed by atoms with Gasteiger partial charge in [0.05, 0.1) is 0 Å². The molecule has 0 aromatic rings. The van der Waals surface area contributed by atoms with Gasteiger partial charge in [0, 0.05) is 0 Å². The topological polar surface area (TPSA) is 72.5 Å². The van der Waals surface area contributed by atoms with Gasteiger partial charge in [0.25, 0.3) is 0 Å². The molecule has 1 fully saturated rings. The van der Waals surface area contributed by atoms with Crippen LogP contribution in [0.1, 0.15) is 39.0 Å². The molecule has 0 heterocycles. The summed E-state index contributed by atoms with van der Waals surface area (Å²) in [5, 5.41) is 9.38. The predicted molar refractivity (Wildman–Crippen MR) is 57.2 cm³/mol. The van der Waals surface area contributed by atoms with Gasteiger partial charge < -0.3 is 15.6 Å². The number of ether oxygens (including phenoxy) is 1. The molecule has 4 heteroatoms. The lowest BCUT2D eigenvalue weighted by atomic mass is 9.88. The molecule has 0 radical (unpaired) electrons. The van der Waals surface area contributed by atoms with E-state index in [4.69, 9.17) is 10.5 Å². The maximum absolute atomic E-state index is 11.4. The fourth-order valence-corrected chi connectivity index (χ4v) is 1.96. The van der Waals surface area contributed by atoms with Crippen LogP contribution in [0.15, 0.2) is 0 Å². The molecule has 1 aliphatic rings. The highest BCUT2D eigenvalue weighted by atomic mass is 16.6. The number of hydrogen-bond donors (Lipinski definition) is 2. The van der Waals surface area contributed by atoms with Gasteiger partial charge in [-0.2, -0.15) is 0 Å². The van der Waals surface area contributed by atoms with Gasteiger partial charge in [0.2, 0.25) is 0 Å². The lowest BCUT2D eigenvalue weighted by molar-refractivity contribution is -0.163. The van der Waals surface area contributed by atoms with E-state index in [1.807, 2.05) is 0 Å². The van der Waals surface area contributed by atoms with Crippen LogP contribution in [0.25, 0.3) is 0 Å². The maximum Gasteiger partial charge on any atom is 0.335 e. The Morgan fingerprint density at radius 1 is 1.53 bits per heavy atom. The van der Waals surface area contributed by atoms with Crippen molar-refractivity contribution < 1.29 is 14.6 Å². The molecule has 15 heavy (non-hydrogen) atoms. The Morgan fingerprint density at radius 2 is 2.20 bits per heavy atom. The van der Waals surface area contributed by atoms with E-state index >= 15 is 0 Å². The van der Waals surface area contributed by atoms with Crippen molar-refractivity contribution in [3.05, 3.63) is 0 Å². The Morgan fingerprint density at radius 3 is 2.80 bits per heavy atom. The summed E-state index contributed by atoms with van der Waals surface area (Å²) >= 11 is 0. The summed E-state index contributed by atoms with van der Waals surface area (Å²) in [5.74, 6) is -0.105. The van der Waals surface area contributed by atoms with Gasteiger partial charge >= 0.3 is 5.97 Å². The molecule has 4 nitrogen and oxygen atoms in total. The van der Waals surface area contributed by atoms with Crippen LogP contribution in [-0.2, 0) is 9.53 Å². The quantitative estimate of drug-likeness (QED) is 0.681. The van der Waals surface area contributed by atoms with Crippen LogP contribution >= 0.6 is 0 Å². The second-order valence-corrected chi connectivity index (χ2v) is 4.33. The Kier molecular flexibility index (Phi) is 5.05. The minimum Gasteiger partial charge on any atom is -0.460 e. The number of aliphatic hydroxyl groups excluding tert-OH is 1. The van der Waals surface area contributed by atoms with Crippen molar-refractivity contribution in [1.82, 2.24) is 0 Å². The molecule has 3 N–H and O–H groups in total. The van der Waals surface area contributed by atoms with Crippen LogP contribution in [0.4, 0.5) is 0 Å². The Labute approximate surface area is 90.8 Å². The molecule has 0 spiro atoms. The van der Waals surface area contributed by atoms with Gasteiger partial charge in [0.1, 0.15) is 6.10 Å². The van der Waals surface area contributed by atoms with Gasteiger partial charge in [-0.25, -0.2) is 4.79 Å². The standard InChI is InChI=1S/C11H21NO3/c1-8-4-2-3-5-10(8)15-11(14)9(13)6-7-12/h8-10,13H,2-7,12H2,1H3/t8?,9-,10?/m0/s1. The van der Waals surface area contributed by atoms with E-state index in [0.29, 0.717) is 12.5 Å². The zero-order chi connectivity index (χ0) is 11.3. The highest BCUT2D eigenvalue weighted by Gasteiger charge is 2.27. The largest absolute Gasteiger partial charge is 0.460 e. The average Bonchev–Trinajstić information content (AvgIpc) is 2.21. The highest BCUT2D eigenvalue weighted by molar-refractivity contribution is 5.74. The zero-order valence-electron chi connectivity index (χ0n) is 9.32. The van der Waals surface area contributed by atoms with Crippen molar-refractivity contribution in [3.8, 4) is 0 Å². The fraction of sp³-hybridized carbons (Fsp3) is 0.909. The molecule has 3 atom stereocenters. The molecule has 0 aromatic carbocycles. The normalized spacial score (nSPS) is 28.5. The van der Waals surface area contributed by atoms with Crippen molar-refractivity contribution in [2.75, 3.05) is 6.54 Å². The monoisotopic (exact) mass is 215 g/mol. The van der Waals surface area contributed by atoms with Gasteiger partial charge in [-0.3, -0.25) is 0 Å². The molecular weight excluding hydrogens is 194 g/mol. The fourth-order valence-electron chi connectivity index (χ4n) is 1.96. The molecule has 0 saturated heterocycles. The minimum atomic E-state index is -1.05. The first kappa shape index (κ1) is 12.5. The van der Waals surface area contributed by atoms with Crippen LogP contribution in [0, 0.1) is 5.92 Å². The van der Waals surface area contributed by atoms with Crippen LogP contribution in [0.5, 0.6) is 0 Å². The van der Waals surface area contributed by atoms with Crippen molar-refractivity contribution >= 4 is 5.97 Å². The Bertz CT molecular complexity index is 208. The molecule has 0 amide bonds. The van der Waals surface area contributed by atoms with Gasteiger partial charge in [-0.15, -0.1) is 0 Å². The predicted octanol–water partition coefficient (Wildman–Crippen LogP) is 0.818. The molecule has 2 unspecified atom stereocenters. The van der Waals surface area contributed by atoms with Crippen molar-refractivity contribution in [2.24, 2.45) is 11.7 Å². The number of carbonyl (C=O) groups is 1. The van der Waals surface area contributed by atoms with E-state index in [1.54, 1.807) is 0 Å². The maximum atomic E-state index is 11.4. The van der Waals surface area contributed by atoms with Crippen LogP contribution < -0.4 is 5.73 Å². The van der Waals surface area contributed by atoms with Gasteiger partial charge in [-0.1, -0.05) is 13.3 Å². The molecule has 1 rings (SSSR count). The summed E-state index contributed by atoms with van der Waals surface area (Å²) in [6.45, 7) is 2.39. The summed E-state index contributed by atoms with van der Waals surface area (Å²) < 4.78 is 5.27. The third-order valence-corrected chi connectivity index (χ3v) is 3.01. The first-order valence-electron chi connectivity index (χ1n) is 5.73. The number of nitrogens with two attached hydrogens (primary N) is 1. The molecule has 1 saturated carbocycles. The van der Waals surface area contributed by atoms with Gasteiger partial charge in [-0.05, 0) is 38.1 Å². The van der Waals surface area contributed by atoms with Crippen LogP contribution in [0.2, 0.25) is 0 Å². The van der Waals surface area contributed by atoms with E-state index in [2.05, 4.69) is 6.92 Å². The second-order valence-electron chi connectivity index (χ2n) is 4.33. The molecule has 1 aliphatic carbocycles. The Hall–Kier alpha value is -0.610. The number of hydrogen-bond acceptors (Lipinski definition) is 4. The Balaban J connectivity index is 2.35. The van der Waals surface area contributed by atoms with E-state index < -0.39 is 12.1 Å². The zero-order valence-corrected chi connectivity index (χ0v) is 9.32. The number of esters is 1.